The highest BCUT2D eigenvalue weighted by Gasteiger charge is 2.57. The fourth-order valence-corrected chi connectivity index (χ4v) is 6.92. The molecular weight excluding hydrogens is 531 g/mol. The summed E-state index contributed by atoms with van der Waals surface area (Å²) in [6.45, 7) is 4.05. The molecule has 0 bridgehead atoms. The summed E-state index contributed by atoms with van der Waals surface area (Å²) in [4.78, 5) is 33.5. The lowest BCUT2D eigenvalue weighted by Crippen LogP contribution is -2.46. The maximum absolute atomic E-state index is 13.9. The molecule has 2 N–H and O–H groups in total. The number of benzene rings is 1. The summed E-state index contributed by atoms with van der Waals surface area (Å²) in [6.07, 6.45) is 5.16. The number of carbonyl (C=O) groups excluding carboxylic acids is 2. The van der Waals surface area contributed by atoms with Crippen molar-refractivity contribution >= 4 is 36.3 Å². The van der Waals surface area contributed by atoms with Gasteiger partial charge in [0.25, 0.3) is 0 Å². The summed E-state index contributed by atoms with van der Waals surface area (Å²) < 4.78 is 11.9. The van der Waals surface area contributed by atoms with E-state index in [9.17, 15) is 19.7 Å². The zero-order valence-corrected chi connectivity index (χ0v) is 23.8. The molecule has 2 aliphatic heterocycles. The van der Waals surface area contributed by atoms with Crippen molar-refractivity contribution < 1.29 is 28.8 Å². The van der Waals surface area contributed by atoms with Crippen LogP contribution in [0.3, 0.4) is 0 Å². The van der Waals surface area contributed by atoms with Gasteiger partial charge in [-0.25, -0.2) is 0 Å². The van der Waals surface area contributed by atoms with E-state index < -0.39 is 25.1 Å². The Kier molecular flexibility index (Phi) is 7.99. The van der Waals surface area contributed by atoms with Crippen LogP contribution in [0.1, 0.15) is 50.3 Å². The lowest BCUT2D eigenvalue weighted by Gasteiger charge is -2.44. The summed E-state index contributed by atoms with van der Waals surface area (Å²) >= 11 is 0. The molecule has 2 aromatic heterocycles. The molecule has 0 radical (unpaired) electrons. The number of imide groups is 1. The number of pyridine rings is 1. The highest BCUT2D eigenvalue weighted by molar-refractivity contribution is 6.43. The summed E-state index contributed by atoms with van der Waals surface area (Å²) in [6, 6.07) is 18.4. The average Bonchev–Trinajstić information content (AvgIpc) is 3.56. The van der Waals surface area contributed by atoms with Crippen molar-refractivity contribution in [1.82, 2.24) is 4.98 Å². The van der Waals surface area contributed by atoms with Crippen LogP contribution in [0, 0.1) is 23.7 Å². The number of hydrogen-bond donors (Lipinski definition) is 2. The standard InChI is InChI=1S/C33H35BN2O6/c1-20(2)25-17-26-31(33(39)36(32(26)38)22-8-4-3-5-9-22)27-18-34(40)42-29(30(25)27)14-11-21(28-10-6-7-15-35-28)16-23-12-13-24(19-37)41-23/h3-10,12-13,15-16,20,26-27,29,31,37,40H,11,14,17-19H2,1-2H3/b21-16-/t26-,27+,29-,31-/m1/s1. The quantitative estimate of drug-likeness (QED) is 0.220. The van der Waals surface area contributed by atoms with Crippen LogP contribution in [-0.2, 0) is 20.9 Å². The number of para-hydroxylation sites is 1. The second-order valence-electron chi connectivity index (χ2n) is 11.6. The Labute approximate surface area is 245 Å². The maximum atomic E-state index is 13.9. The van der Waals surface area contributed by atoms with Gasteiger partial charge in [-0.15, -0.1) is 0 Å². The van der Waals surface area contributed by atoms with Crippen LogP contribution in [0.2, 0.25) is 6.32 Å². The number of rotatable bonds is 8. The maximum Gasteiger partial charge on any atom is 0.455 e. The molecule has 2 amide bonds. The van der Waals surface area contributed by atoms with Crippen molar-refractivity contribution in [3.8, 4) is 0 Å². The monoisotopic (exact) mass is 566 g/mol. The SMILES string of the molecule is CC(C)C1=C2[C@@H](CC/C(=C/c3ccc(CO)o3)c3ccccn3)OB(O)C[C@@H]2[C@@H]2C(=O)N(c3ccccc3)C(=O)[C@@H]2C1. The third kappa shape index (κ3) is 5.28. The number of fused-ring (bicyclic) bond motifs is 3. The van der Waals surface area contributed by atoms with Crippen molar-refractivity contribution in [2.24, 2.45) is 23.7 Å². The van der Waals surface area contributed by atoms with E-state index in [1.54, 1.807) is 24.4 Å². The second-order valence-corrected chi connectivity index (χ2v) is 11.6. The van der Waals surface area contributed by atoms with Crippen molar-refractivity contribution in [3.05, 3.63) is 95.2 Å². The fraction of sp³-hybridized carbons (Fsp3) is 0.364. The third-order valence-corrected chi connectivity index (χ3v) is 8.78. The molecule has 1 aliphatic carbocycles. The first-order valence-electron chi connectivity index (χ1n) is 14.7. The molecule has 1 aromatic carbocycles. The van der Waals surface area contributed by atoms with E-state index in [2.05, 4.69) is 18.8 Å². The lowest BCUT2D eigenvalue weighted by molar-refractivity contribution is -0.122. The van der Waals surface area contributed by atoms with Gasteiger partial charge in [0.1, 0.15) is 18.1 Å². The Morgan fingerprint density at radius 2 is 1.86 bits per heavy atom. The average molecular weight is 566 g/mol. The normalized spacial score (nSPS) is 24.5. The first kappa shape index (κ1) is 28.3. The molecule has 4 atom stereocenters. The molecule has 3 aromatic rings. The van der Waals surface area contributed by atoms with Crippen molar-refractivity contribution in [1.29, 1.82) is 0 Å². The summed E-state index contributed by atoms with van der Waals surface area (Å²) in [7, 11) is -1.04. The molecule has 42 heavy (non-hydrogen) atoms. The molecule has 2 saturated heterocycles. The number of allylic oxidation sites excluding steroid dienone is 2. The first-order chi connectivity index (χ1) is 20.4. The van der Waals surface area contributed by atoms with Gasteiger partial charge in [-0.3, -0.25) is 19.5 Å². The molecule has 4 heterocycles. The molecule has 3 aliphatic rings. The van der Waals surface area contributed by atoms with Gasteiger partial charge in [-0.2, -0.15) is 0 Å². The van der Waals surface area contributed by atoms with Crippen LogP contribution in [0.15, 0.2) is 82.4 Å². The number of aromatic nitrogens is 1. The molecule has 0 spiro atoms. The van der Waals surface area contributed by atoms with Crippen molar-refractivity contribution in [2.75, 3.05) is 4.90 Å². The smallest absolute Gasteiger partial charge is 0.455 e. The summed E-state index contributed by atoms with van der Waals surface area (Å²) in [5, 5.41) is 20.4. The Balaban J connectivity index is 1.33. The molecule has 0 saturated carbocycles. The van der Waals surface area contributed by atoms with E-state index in [4.69, 9.17) is 9.07 Å². The number of aliphatic hydroxyl groups is 1. The highest BCUT2D eigenvalue weighted by atomic mass is 16.5. The van der Waals surface area contributed by atoms with Gasteiger partial charge in [0, 0.05) is 6.20 Å². The number of nitrogens with zero attached hydrogens (tertiary/aromatic N) is 2. The van der Waals surface area contributed by atoms with E-state index in [-0.39, 0.29) is 36.6 Å². The zero-order chi connectivity index (χ0) is 29.4. The number of furan rings is 1. The van der Waals surface area contributed by atoms with Gasteiger partial charge in [0.05, 0.1) is 29.3 Å². The highest BCUT2D eigenvalue weighted by Crippen LogP contribution is 2.52. The predicted molar refractivity (Wildman–Crippen MR) is 160 cm³/mol. The number of amides is 2. The first-order valence-corrected chi connectivity index (χ1v) is 14.7. The third-order valence-electron chi connectivity index (χ3n) is 8.78. The minimum absolute atomic E-state index is 0.157. The molecule has 0 unspecified atom stereocenters. The van der Waals surface area contributed by atoms with Gasteiger partial charge in [-0.05, 0) is 91.0 Å². The number of aliphatic hydroxyl groups excluding tert-OH is 1. The Morgan fingerprint density at radius 3 is 2.55 bits per heavy atom. The van der Waals surface area contributed by atoms with Gasteiger partial charge in [-0.1, -0.05) is 43.7 Å². The molecule has 8 nitrogen and oxygen atoms in total. The van der Waals surface area contributed by atoms with Crippen molar-refractivity contribution in [3.63, 3.8) is 0 Å². The van der Waals surface area contributed by atoms with Gasteiger partial charge < -0.3 is 19.2 Å². The van der Waals surface area contributed by atoms with Crippen LogP contribution in [0.4, 0.5) is 5.69 Å². The van der Waals surface area contributed by atoms with Crippen LogP contribution in [-0.4, -0.2) is 40.2 Å². The topological polar surface area (TPSA) is 113 Å². The van der Waals surface area contributed by atoms with Crippen LogP contribution >= 0.6 is 0 Å². The van der Waals surface area contributed by atoms with Gasteiger partial charge >= 0.3 is 7.12 Å². The van der Waals surface area contributed by atoms with Gasteiger partial charge in [0.15, 0.2) is 0 Å². The molecule has 9 heteroatoms. The Hall–Kier alpha value is -3.79. The van der Waals surface area contributed by atoms with E-state index in [0.29, 0.717) is 36.5 Å². The van der Waals surface area contributed by atoms with Gasteiger partial charge in [0.2, 0.25) is 11.8 Å². The summed E-state index contributed by atoms with van der Waals surface area (Å²) in [5.74, 6) is -0.356. The minimum Gasteiger partial charge on any atom is -0.459 e. The molecule has 2 fully saturated rings. The van der Waals surface area contributed by atoms with E-state index >= 15 is 0 Å². The number of carbonyl (C=O) groups is 2. The van der Waals surface area contributed by atoms with E-state index in [1.165, 1.54) is 4.90 Å². The van der Waals surface area contributed by atoms with E-state index in [0.717, 1.165) is 22.4 Å². The van der Waals surface area contributed by atoms with Crippen LogP contribution in [0.25, 0.3) is 11.6 Å². The second kappa shape index (κ2) is 11.8. The zero-order valence-electron chi connectivity index (χ0n) is 23.8. The molecule has 216 valence electrons. The Morgan fingerprint density at radius 1 is 1.07 bits per heavy atom. The Bertz CT molecular complexity index is 1520. The molecule has 6 rings (SSSR count). The van der Waals surface area contributed by atoms with Crippen LogP contribution in [0.5, 0.6) is 0 Å². The largest absolute Gasteiger partial charge is 0.459 e. The number of hydrogen-bond acceptors (Lipinski definition) is 7. The number of anilines is 1. The van der Waals surface area contributed by atoms with Crippen LogP contribution < -0.4 is 4.90 Å². The fourth-order valence-electron chi connectivity index (χ4n) is 6.92. The lowest BCUT2D eigenvalue weighted by atomic mass is 9.57. The minimum atomic E-state index is -1.04. The summed E-state index contributed by atoms with van der Waals surface area (Å²) in [5.41, 5.74) is 4.53. The van der Waals surface area contributed by atoms with E-state index in [1.807, 2.05) is 48.5 Å². The van der Waals surface area contributed by atoms with Crippen molar-refractivity contribution in [2.45, 2.75) is 52.1 Å². The molecular formula is C33H35BN2O6. The predicted octanol–water partition coefficient (Wildman–Crippen LogP) is 5.15.